The number of phenolic OH excluding ortho intramolecular Hbond substituents is 1. The van der Waals surface area contributed by atoms with Crippen molar-refractivity contribution in [3.05, 3.63) is 52.9 Å². The number of para-hydroxylation sites is 1. The third-order valence-electron chi connectivity index (χ3n) is 3.63. The Morgan fingerprint density at radius 2 is 2.12 bits per heavy atom. The molecule has 4 rings (SSSR count). The van der Waals surface area contributed by atoms with Gasteiger partial charge in [-0.1, -0.05) is 29.5 Å². The first-order valence-electron chi connectivity index (χ1n) is 7.64. The summed E-state index contributed by atoms with van der Waals surface area (Å²) in [5.74, 6) is 0.185. The number of aromatic hydroxyl groups is 1. The van der Waals surface area contributed by atoms with Crippen molar-refractivity contribution in [3.63, 3.8) is 0 Å². The second kappa shape index (κ2) is 6.81. The van der Waals surface area contributed by atoms with E-state index >= 15 is 0 Å². The fourth-order valence-corrected chi connectivity index (χ4v) is 4.13. The number of nitrogens with one attached hydrogen (secondary N) is 1. The van der Waals surface area contributed by atoms with Crippen LogP contribution in [0.3, 0.4) is 0 Å². The van der Waals surface area contributed by atoms with Crippen molar-refractivity contribution in [1.82, 2.24) is 10.3 Å². The summed E-state index contributed by atoms with van der Waals surface area (Å²) in [5, 5.41) is 13.5. The number of thioether (sulfide) groups is 1. The minimum absolute atomic E-state index is 0.0521. The van der Waals surface area contributed by atoms with Gasteiger partial charge in [0.2, 0.25) is 5.13 Å². The molecule has 3 aromatic rings. The summed E-state index contributed by atoms with van der Waals surface area (Å²) in [6, 6.07) is 12.7. The molecule has 1 aliphatic rings. The second-order valence-electron chi connectivity index (χ2n) is 5.38. The van der Waals surface area contributed by atoms with Crippen molar-refractivity contribution in [1.29, 1.82) is 0 Å². The van der Waals surface area contributed by atoms with Crippen LogP contribution in [0.5, 0.6) is 11.5 Å². The number of nitrogens with zero attached hydrogens (tertiary/aromatic N) is 2. The van der Waals surface area contributed by atoms with Gasteiger partial charge in [0.15, 0.2) is 16.7 Å². The summed E-state index contributed by atoms with van der Waals surface area (Å²) in [7, 11) is 1.48. The van der Waals surface area contributed by atoms with Gasteiger partial charge in [0.05, 0.1) is 22.2 Å². The van der Waals surface area contributed by atoms with E-state index in [-0.39, 0.29) is 11.7 Å². The molecule has 1 amide bonds. The molecule has 2 heterocycles. The molecule has 1 fully saturated rings. The number of aliphatic imine (C=N–C) groups is 1. The van der Waals surface area contributed by atoms with Gasteiger partial charge in [-0.25, -0.2) is 4.98 Å². The van der Waals surface area contributed by atoms with E-state index in [1.54, 1.807) is 18.2 Å². The van der Waals surface area contributed by atoms with Gasteiger partial charge in [-0.3, -0.25) is 4.79 Å². The van der Waals surface area contributed by atoms with Gasteiger partial charge in [-0.2, -0.15) is 4.99 Å². The molecule has 0 atom stereocenters. The van der Waals surface area contributed by atoms with Crippen LogP contribution in [0.1, 0.15) is 5.56 Å². The van der Waals surface area contributed by atoms with Crippen molar-refractivity contribution < 1.29 is 14.6 Å². The maximum absolute atomic E-state index is 12.2. The third-order valence-corrected chi connectivity index (χ3v) is 5.47. The Kier molecular flexibility index (Phi) is 4.36. The quantitative estimate of drug-likeness (QED) is 0.670. The lowest BCUT2D eigenvalue weighted by atomic mass is 10.2. The number of carbonyl (C=O) groups excluding carboxylic acids is 1. The SMILES string of the molecule is COc1cc(/C=C2\SC(=Nc3nc4ccccc4s3)NC2=O)ccc1O. The Bertz CT molecular complexity index is 1040. The van der Waals surface area contributed by atoms with E-state index in [0.29, 0.717) is 21.0 Å². The number of amidine groups is 1. The zero-order valence-electron chi connectivity index (χ0n) is 13.6. The van der Waals surface area contributed by atoms with Crippen LogP contribution in [0.2, 0.25) is 0 Å². The van der Waals surface area contributed by atoms with Crippen molar-refractivity contribution in [3.8, 4) is 11.5 Å². The maximum Gasteiger partial charge on any atom is 0.264 e. The molecule has 0 radical (unpaired) electrons. The predicted molar refractivity (Wildman–Crippen MR) is 105 cm³/mol. The van der Waals surface area contributed by atoms with Crippen molar-refractivity contribution in [2.24, 2.45) is 4.99 Å². The van der Waals surface area contributed by atoms with E-state index in [4.69, 9.17) is 4.74 Å². The molecule has 1 aromatic heterocycles. The normalized spacial score (nSPS) is 17.2. The summed E-state index contributed by atoms with van der Waals surface area (Å²) in [5.41, 5.74) is 1.64. The van der Waals surface area contributed by atoms with Crippen LogP contribution in [-0.4, -0.2) is 28.3 Å². The van der Waals surface area contributed by atoms with Crippen LogP contribution in [0, 0.1) is 0 Å². The predicted octanol–water partition coefficient (Wildman–Crippen LogP) is 3.90. The van der Waals surface area contributed by atoms with Crippen LogP contribution in [0.15, 0.2) is 52.4 Å². The molecular weight excluding hydrogens is 370 g/mol. The number of aromatic nitrogens is 1. The van der Waals surface area contributed by atoms with Gasteiger partial charge in [0, 0.05) is 0 Å². The van der Waals surface area contributed by atoms with Crippen LogP contribution < -0.4 is 10.1 Å². The van der Waals surface area contributed by atoms with Crippen LogP contribution in [0.25, 0.3) is 16.3 Å². The van der Waals surface area contributed by atoms with Gasteiger partial charge in [0.1, 0.15) is 0 Å². The summed E-state index contributed by atoms with van der Waals surface area (Å²) in [6.07, 6.45) is 1.73. The van der Waals surface area contributed by atoms with Gasteiger partial charge in [-0.15, -0.1) is 0 Å². The number of rotatable bonds is 3. The maximum atomic E-state index is 12.2. The molecule has 2 N–H and O–H groups in total. The van der Waals surface area contributed by atoms with Gasteiger partial charge < -0.3 is 15.2 Å². The summed E-state index contributed by atoms with van der Waals surface area (Å²) < 4.78 is 6.14. The second-order valence-corrected chi connectivity index (χ2v) is 7.42. The molecule has 2 aromatic carbocycles. The highest BCUT2D eigenvalue weighted by atomic mass is 32.2. The summed E-state index contributed by atoms with van der Waals surface area (Å²) >= 11 is 2.72. The summed E-state index contributed by atoms with van der Waals surface area (Å²) in [4.78, 5) is 21.6. The van der Waals surface area contributed by atoms with Crippen LogP contribution in [0.4, 0.5) is 5.13 Å². The largest absolute Gasteiger partial charge is 0.504 e. The molecule has 0 aliphatic carbocycles. The monoisotopic (exact) mass is 383 g/mol. The number of carbonyl (C=O) groups is 1. The number of phenols is 1. The number of benzene rings is 2. The summed E-state index contributed by atoms with van der Waals surface area (Å²) in [6.45, 7) is 0. The van der Waals surface area contributed by atoms with E-state index in [2.05, 4.69) is 15.3 Å². The third kappa shape index (κ3) is 3.29. The van der Waals surface area contributed by atoms with Crippen molar-refractivity contribution >= 4 is 55.6 Å². The first kappa shape index (κ1) is 16.6. The van der Waals surface area contributed by atoms with E-state index < -0.39 is 0 Å². The molecule has 26 heavy (non-hydrogen) atoms. The first-order chi connectivity index (χ1) is 12.6. The average Bonchev–Trinajstić information content (AvgIpc) is 3.19. The number of hydrogen-bond acceptors (Lipinski definition) is 7. The van der Waals surface area contributed by atoms with Crippen molar-refractivity contribution in [2.45, 2.75) is 0 Å². The van der Waals surface area contributed by atoms with Gasteiger partial charge >= 0.3 is 0 Å². The molecular formula is C18H13N3O3S2. The topological polar surface area (TPSA) is 83.8 Å². The number of thiazole rings is 1. The number of methoxy groups -OCH3 is 1. The lowest BCUT2D eigenvalue weighted by molar-refractivity contribution is -0.115. The lowest BCUT2D eigenvalue weighted by Gasteiger charge is -2.03. The molecule has 6 nitrogen and oxygen atoms in total. The molecule has 1 saturated heterocycles. The fraction of sp³-hybridized carbons (Fsp3) is 0.0556. The Labute approximate surface area is 157 Å². The Hall–Kier alpha value is -2.84. The molecule has 0 saturated carbocycles. The fourth-order valence-electron chi connectivity index (χ4n) is 2.41. The molecule has 130 valence electrons. The highest BCUT2D eigenvalue weighted by Gasteiger charge is 2.24. The van der Waals surface area contributed by atoms with E-state index in [0.717, 1.165) is 15.8 Å². The smallest absolute Gasteiger partial charge is 0.264 e. The number of fused-ring (bicyclic) bond motifs is 1. The molecule has 8 heteroatoms. The number of hydrogen-bond donors (Lipinski definition) is 2. The zero-order chi connectivity index (χ0) is 18.1. The number of amides is 1. The average molecular weight is 383 g/mol. The Balaban J connectivity index is 1.60. The lowest BCUT2D eigenvalue weighted by Crippen LogP contribution is -2.19. The molecule has 0 bridgehead atoms. The molecule has 0 spiro atoms. The van der Waals surface area contributed by atoms with E-state index in [1.807, 2.05) is 24.3 Å². The van der Waals surface area contributed by atoms with E-state index in [9.17, 15) is 9.90 Å². The Morgan fingerprint density at radius 1 is 1.27 bits per heavy atom. The number of ether oxygens (including phenoxy) is 1. The minimum atomic E-state index is -0.220. The first-order valence-corrected chi connectivity index (χ1v) is 9.28. The molecule has 1 aliphatic heterocycles. The van der Waals surface area contributed by atoms with E-state index in [1.165, 1.54) is 36.3 Å². The Morgan fingerprint density at radius 3 is 2.92 bits per heavy atom. The highest BCUT2D eigenvalue weighted by molar-refractivity contribution is 8.18. The standard InChI is InChI=1S/C18H13N3O3S2/c1-24-13-8-10(6-7-12(13)22)9-15-16(23)20-18(26-15)21-17-19-11-4-2-3-5-14(11)25-17/h2-9,22H,1H3,(H,19,20,21,23)/b15-9-. The minimum Gasteiger partial charge on any atom is -0.504 e. The van der Waals surface area contributed by atoms with Gasteiger partial charge in [0.25, 0.3) is 5.91 Å². The van der Waals surface area contributed by atoms with Crippen LogP contribution in [-0.2, 0) is 4.79 Å². The molecule has 0 unspecified atom stereocenters. The van der Waals surface area contributed by atoms with Gasteiger partial charge in [-0.05, 0) is 47.7 Å². The highest BCUT2D eigenvalue weighted by Crippen LogP contribution is 2.33. The van der Waals surface area contributed by atoms with Crippen LogP contribution >= 0.6 is 23.1 Å². The van der Waals surface area contributed by atoms with Crippen molar-refractivity contribution in [2.75, 3.05) is 7.11 Å². The zero-order valence-corrected chi connectivity index (χ0v) is 15.2.